The molecule has 0 spiro atoms. The van der Waals surface area contributed by atoms with E-state index in [-0.39, 0.29) is 24.0 Å². The Morgan fingerprint density at radius 2 is 2.15 bits per heavy atom. The molecule has 0 bridgehead atoms. The molecule has 0 aliphatic heterocycles. The lowest BCUT2D eigenvalue weighted by atomic mass is 10.2. The quantitative estimate of drug-likeness (QED) is 0.318. The smallest absolute Gasteiger partial charge is 0.191 e. The molecule has 2 aromatic rings. The molecule has 146 valence electrons. The van der Waals surface area contributed by atoms with Crippen LogP contribution in [-0.4, -0.2) is 33.8 Å². The van der Waals surface area contributed by atoms with E-state index < -0.39 is 0 Å². The molecule has 0 radical (unpaired) electrons. The highest BCUT2D eigenvalue weighted by molar-refractivity contribution is 14.0. The van der Waals surface area contributed by atoms with E-state index in [0.717, 1.165) is 44.3 Å². The zero-order chi connectivity index (χ0) is 18.1. The lowest BCUT2D eigenvalue weighted by Gasteiger charge is -2.20. The van der Waals surface area contributed by atoms with Gasteiger partial charge in [0.1, 0.15) is 12.2 Å². The summed E-state index contributed by atoms with van der Waals surface area (Å²) in [6.45, 7) is 11.1. The van der Waals surface area contributed by atoms with Gasteiger partial charge in [-0.1, -0.05) is 33.8 Å². The van der Waals surface area contributed by atoms with Crippen molar-refractivity contribution in [3.63, 3.8) is 0 Å². The summed E-state index contributed by atoms with van der Waals surface area (Å²) in [6, 6.07) is 4.57. The lowest BCUT2D eigenvalue weighted by molar-refractivity contribution is 0.588. The Labute approximate surface area is 177 Å². The van der Waals surface area contributed by atoms with Crippen LogP contribution in [0.5, 0.6) is 0 Å². The summed E-state index contributed by atoms with van der Waals surface area (Å²) in [5.41, 5.74) is 0. The Bertz CT molecular complexity index is 638. The van der Waals surface area contributed by atoms with Crippen molar-refractivity contribution in [2.45, 2.75) is 53.1 Å². The second kappa shape index (κ2) is 12.3. The first-order chi connectivity index (χ1) is 12.1. The van der Waals surface area contributed by atoms with Crippen LogP contribution in [0.25, 0.3) is 0 Å². The number of halogens is 1. The largest absolute Gasteiger partial charge is 0.355 e. The van der Waals surface area contributed by atoms with Crippen molar-refractivity contribution in [3.05, 3.63) is 34.5 Å². The van der Waals surface area contributed by atoms with Crippen LogP contribution in [0, 0.1) is 5.92 Å². The normalized spacial score (nSPS) is 12.7. The topological polar surface area (TPSA) is 67.1 Å². The van der Waals surface area contributed by atoms with Crippen molar-refractivity contribution in [2.24, 2.45) is 10.9 Å². The molecule has 6 nitrogen and oxygen atoms in total. The number of nitrogens with one attached hydrogen (secondary N) is 2. The molecule has 0 saturated carbocycles. The standard InChI is InChI=1S/C18H30N6S.HI/c1-5-15(16-8-7-11-25-16)22-18(20-12-14(3)4)19-9-10-24-13-21-23-17(24)6-2;/h7-8,11,13-15H,5-6,9-10,12H2,1-4H3,(H2,19,20,22);1H. The maximum atomic E-state index is 4.74. The Kier molecular flexibility index (Phi) is 10.8. The Morgan fingerprint density at radius 1 is 1.35 bits per heavy atom. The van der Waals surface area contributed by atoms with E-state index in [1.165, 1.54) is 4.88 Å². The van der Waals surface area contributed by atoms with E-state index in [9.17, 15) is 0 Å². The van der Waals surface area contributed by atoms with Crippen molar-refractivity contribution >= 4 is 41.3 Å². The summed E-state index contributed by atoms with van der Waals surface area (Å²) in [5.74, 6) is 2.42. The minimum atomic E-state index is 0. The molecule has 0 aromatic carbocycles. The first-order valence-corrected chi connectivity index (χ1v) is 9.96. The Balaban J connectivity index is 0.00000338. The fraction of sp³-hybridized carbons (Fsp3) is 0.611. The number of thiophene rings is 1. The Morgan fingerprint density at radius 3 is 2.77 bits per heavy atom. The molecule has 2 heterocycles. The molecule has 26 heavy (non-hydrogen) atoms. The molecule has 8 heteroatoms. The summed E-state index contributed by atoms with van der Waals surface area (Å²) in [6.07, 6.45) is 3.70. The maximum Gasteiger partial charge on any atom is 0.191 e. The van der Waals surface area contributed by atoms with Crippen LogP contribution < -0.4 is 10.6 Å². The molecule has 0 aliphatic rings. The van der Waals surface area contributed by atoms with E-state index >= 15 is 0 Å². The third-order valence-corrected chi connectivity index (χ3v) is 4.86. The number of guanidine groups is 1. The summed E-state index contributed by atoms with van der Waals surface area (Å²) >= 11 is 1.78. The van der Waals surface area contributed by atoms with Gasteiger partial charge in [0, 0.05) is 30.9 Å². The van der Waals surface area contributed by atoms with Crippen molar-refractivity contribution < 1.29 is 0 Å². The minimum absolute atomic E-state index is 0. The molecule has 1 atom stereocenters. The molecule has 0 fully saturated rings. The molecule has 2 aromatic heterocycles. The van der Waals surface area contributed by atoms with Gasteiger partial charge >= 0.3 is 0 Å². The first kappa shape index (κ1) is 22.9. The highest BCUT2D eigenvalue weighted by atomic mass is 127. The van der Waals surface area contributed by atoms with Crippen molar-refractivity contribution in [1.29, 1.82) is 0 Å². The number of aliphatic imine (C=N–C) groups is 1. The van der Waals surface area contributed by atoms with Gasteiger partial charge in [-0.2, -0.15) is 0 Å². The summed E-state index contributed by atoms with van der Waals surface area (Å²) in [5, 5.41) is 17.3. The number of hydrogen-bond donors (Lipinski definition) is 2. The average Bonchev–Trinajstić information content (AvgIpc) is 3.28. The predicted octanol–water partition coefficient (Wildman–Crippen LogP) is 3.86. The van der Waals surface area contributed by atoms with E-state index in [1.54, 1.807) is 17.7 Å². The van der Waals surface area contributed by atoms with Crippen LogP contribution in [0.15, 0.2) is 28.8 Å². The van der Waals surface area contributed by atoms with Gasteiger partial charge < -0.3 is 15.2 Å². The Hall–Kier alpha value is -1.16. The molecule has 1 unspecified atom stereocenters. The zero-order valence-corrected chi connectivity index (χ0v) is 19.3. The number of aromatic nitrogens is 3. The van der Waals surface area contributed by atoms with Crippen molar-refractivity contribution in [1.82, 2.24) is 25.4 Å². The van der Waals surface area contributed by atoms with Crippen molar-refractivity contribution in [2.75, 3.05) is 13.1 Å². The van der Waals surface area contributed by atoms with Crippen LogP contribution >= 0.6 is 35.3 Å². The minimum Gasteiger partial charge on any atom is -0.355 e. The van der Waals surface area contributed by atoms with Crippen LogP contribution in [0.1, 0.15) is 50.9 Å². The number of rotatable bonds is 9. The van der Waals surface area contributed by atoms with E-state index in [1.807, 2.05) is 0 Å². The number of hydrogen-bond acceptors (Lipinski definition) is 4. The number of nitrogens with zero attached hydrogens (tertiary/aromatic N) is 4. The third kappa shape index (κ3) is 7.22. The molecular formula is C18H31IN6S. The second-order valence-corrected chi connectivity index (χ2v) is 7.40. The van der Waals surface area contributed by atoms with Gasteiger partial charge in [-0.05, 0) is 23.8 Å². The van der Waals surface area contributed by atoms with E-state index in [4.69, 9.17) is 4.99 Å². The van der Waals surface area contributed by atoms with Crippen molar-refractivity contribution in [3.8, 4) is 0 Å². The maximum absolute atomic E-state index is 4.74. The van der Waals surface area contributed by atoms with Crippen LogP contribution in [0.3, 0.4) is 0 Å². The predicted molar refractivity (Wildman–Crippen MR) is 120 cm³/mol. The van der Waals surface area contributed by atoms with Gasteiger partial charge in [-0.25, -0.2) is 0 Å². The highest BCUT2D eigenvalue weighted by Crippen LogP contribution is 2.21. The number of aryl methyl sites for hydroxylation is 1. The molecule has 2 rings (SSSR count). The summed E-state index contributed by atoms with van der Waals surface area (Å²) in [7, 11) is 0. The first-order valence-electron chi connectivity index (χ1n) is 9.08. The summed E-state index contributed by atoms with van der Waals surface area (Å²) < 4.78 is 2.09. The van der Waals surface area contributed by atoms with Gasteiger partial charge in [-0.3, -0.25) is 4.99 Å². The molecule has 0 saturated heterocycles. The monoisotopic (exact) mass is 490 g/mol. The zero-order valence-electron chi connectivity index (χ0n) is 16.1. The fourth-order valence-corrected chi connectivity index (χ4v) is 3.35. The highest BCUT2D eigenvalue weighted by Gasteiger charge is 2.12. The molecule has 0 aliphatic carbocycles. The van der Waals surface area contributed by atoms with Gasteiger partial charge in [0.15, 0.2) is 5.96 Å². The summed E-state index contributed by atoms with van der Waals surface area (Å²) in [4.78, 5) is 6.08. The average molecular weight is 490 g/mol. The van der Waals surface area contributed by atoms with E-state index in [2.05, 4.69) is 70.6 Å². The molecule has 2 N–H and O–H groups in total. The molecular weight excluding hydrogens is 459 g/mol. The van der Waals surface area contributed by atoms with E-state index in [0.29, 0.717) is 12.0 Å². The van der Waals surface area contributed by atoms with Crippen LogP contribution in [0.2, 0.25) is 0 Å². The third-order valence-electron chi connectivity index (χ3n) is 3.88. The van der Waals surface area contributed by atoms with Crippen LogP contribution in [-0.2, 0) is 13.0 Å². The van der Waals surface area contributed by atoms with Crippen LogP contribution in [0.4, 0.5) is 0 Å². The molecule has 0 amide bonds. The fourth-order valence-electron chi connectivity index (χ4n) is 2.49. The van der Waals surface area contributed by atoms with Gasteiger partial charge in [0.05, 0.1) is 6.04 Å². The lowest BCUT2D eigenvalue weighted by Crippen LogP contribution is -2.41. The second-order valence-electron chi connectivity index (χ2n) is 6.42. The SMILES string of the molecule is CCc1nncn1CCNC(=NCC(C)C)NC(CC)c1cccs1.I. The van der Waals surface area contributed by atoms with Gasteiger partial charge in [0.25, 0.3) is 0 Å². The van der Waals surface area contributed by atoms with Gasteiger partial charge in [-0.15, -0.1) is 45.5 Å². The van der Waals surface area contributed by atoms with Gasteiger partial charge in [0.2, 0.25) is 0 Å².